The Kier molecular flexibility index (Phi) is 7.47. The number of rotatable bonds is 12. The van der Waals surface area contributed by atoms with Crippen LogP contribution in [0, 0.1) is 0 Å². The fourth-order valence-electron chi connectivity index (χ4n) is 4.58. The molecule has 0 amide bonds. The van der Waals surface area contributed by atoms with Crippen LogP contribution >= 0.6 is 0 Å². The van der Waals surface area contributed by atoms with Crippen molar-refractivity contribution in [1.82, 2.24) is 20.0 Å². The number of carbonyl (C=O) groups excluding carboxylic acids is 1. The zero-order valence-corrected chi connectivity index (χ0v) is 19.7. The number of aromatic nitrogens is 2. The van der Waals surface area contributed by atoms with Gasteiger partial charge in [-0.05, 0) is 32.0 Å². The first-order valence-electron chi connectivity index (χ1n) is 11.8. The summed E-state index contributed by atoms with van der Waals surface area (Å²) in [5.41, 5.74) is 3.69. The second-order valence-electron chi connectivity index (χ2n) is 8.74. The Balaban J connectivity index is 1.75. The van der Waals surface area contributed by atoms with Gasteiger partial charge in [0, 0.05) is 55.4 Å². The number of carbonyl (C=O) groups is 1. The monoisotopic (exact) mass is 467 g/mol. The number of aromatic hydroxyl groups is 1. The van der Waals surface area contributed by atoms with Crippen molar-refractivity contribution in [2.45, 2.75) is 26.4 Å². The highest BCUT2D eigenvalue weighted by Gasteiger charge is 2.33. The third-order valence-corrected chi connectivity index (χ3v) is 6.29. The summed E-state index contributed by atoms with van der Waals surface area (Å²) >= 11 is 0. The van der Waals surface area contributed by atoms with Gasteiger partial charge in [-0.3, -0.25) is 14.4 Å². The van der Waals surface area contributed by atoms with Crippen molar-refractivity contribution in [2.75, 3.05) is 51.3 Å². The number of aliphatic hydroxyl groups is 2. The van der Waals surface area contributed by atoms with E-state index in [1.54, 1.807) is 6.07 Å². The zero-order valence-electron chi connectivity index (χ0n) is 19.7. The first-order valence-corrected chi connectivity index (χ1v) is 11.8. The number of nitrogens with zero attached hydrogens (tertiary/aromatic N) is 3. The Hall–Kier alpha value is -2.98. The number of fused-ring (bicyclic) bond motifs is 2. The molecule has 0 radical (unpaired) electrons. The van der Waals surface area contributed by atoms with Crippen LogP contribution < -0.4 is 10.6 Å². The Morgan fingerprint density at radius 1 is 1.03 bits per heavy atom. The van der Waals surface area contributed by atoms with Gasteiger partial charge >= 0.3 is 0 Å². The van der Waals surface area contributed by atoms with Gasteiger partial charge in [-0.15, -0.1) is 0 Å². The maximum absolute atomic E-state index is 13.6. The molecule has 0 saturated carbocycles. The van der Waals surface area contributed by atoms with Gasteiger partial charge in [0.1, 0.15) is 11.4 Å². The van der Waals surface area contributed by atoms with Crippen LogP contribution in [0.25, 0.3) is 22.2 Å². The van der Waals surface area contributed by atoms with E-state index in [4.69, 9.17) is 10.2 Å². The number of aliphatic hydroxyl groups excluding tert-OH is 2. The SMILES string of the molecule is CC(C)N(CCO)CCn1nc2c3c(c(NCCNCCO)ccc31)C(=O)c1c(O)cccc1-2. The lowest BCUT2D eigenvalue weighted by molar-refractivity contribution is 0.103. The molecule has 2 aromatic carbocycles. The molecule has 1 aliphatic carbocycles. The van der Waals surface area contributed by atoms with Crippen molar-refractivity contribution < 1.29 is 20.1 Å². The summed E-state index contributed by atoms with van der Waals surface area (Å²) in [5.74, 6) is -0.273. The fourth-order valence-corrected chi connectivity index (χ4v) is 4.58. The third kappa shape index (κ3) is 4.52. The molecule has 9 heteroatoms. The minimum absolute atomic E-state index is 0.0517. The quantitative estimate of drug-likeness (QED) is 0.199. The van der Waals surface area contributed by atoms with Crippen LogP contribution in [-0.4, -0.2) is 87.8 Å². The van der Waals surface area contributed by atoms with Crippen LogP contribution in [0.15, 0.2) is 30.3 Å². The number of hydrogen-bond donors (Lipinski definition) is 5. The lowest BCUT2D eigenvalue weighted by Gasteiger charge is -2.25. The summed E-state index contributed by atoms with van der Waals surface area (Å²) in [6.07, 6.45) is 0. The summed E-state index contributed by atoms with van der Waals surface area (Å²) < 4.78 is 1.92. The minimum Gasteiger partial charge on any atom is -0.507 e. The topological polar surface area (TPSA) is 123 Å². The van der Waals surface area contributed by atoms with Crippen LogP contribution in [0.5, 0.6) is 5.75 Å². The highest BCUT2D eigenvalue weighted by atomic mass is 16.3. The van der Waals surface area contributed by atoms with Crippen LogP contribution in [0.2, 0.25) is 0 Å². The predicted octanol–water partition coefficient (Wildman–Crippen LogP) is 1.65. The van der Waals surface area contributed by atoms with Crippen LogP contribution in [0.4, 0.5) is 5.69 Å². The van der Waals surface area contributed by atoms with Gasteiger partial charge in [0.05, 0.1) is 36.4 Å². The lowest BCUT2D eigenvalue weighted by Crippen LogP contribution is -2.36. The van der Waals surface area contributed by atoms with Crippen molar-refractivity contribution in [1.29, 1.82) is 0 Å². The molecule has 1 aromatic heterocycles. The molecule has 4 rings (SSSR count). The van der Waals surface area contributed by atoms with E-state index in [1.807, 2.05) is 22.9 Å². The van der Waals surface area contributed by atoms with Gasteiger partial charge in [0.15, 0.2) is 5.78 Å². The molecular weight excluding hydrogens is 434 g/mol. The van der Waals surface area contributed by atoms with Crippen molar-refractivity contribution in [3.8, 4) is 17.0 Å². The molecule has 0 spiro atoms. The van der Waals surface area contributed by atoms with Crippen molar-refractivity contribution in [2.24, 2.45) is 0 Å². The highest BCUT2D eigenvalue weighted by Crippen LogP contribution is 2.44. The number of phenols is 1. The van der Waals surface area contributed by atoms with Crippen LogP contribution in [0.3, 0.4) is 0 Å². The molecule has 182 valence electrons. The molecule has 0 saturated heterocycles. The van der Waals surface area contributed by atoms with E-state index in [2.05, 4.69) is 29.4 Å². The Morgan fingerprint density at radius 2 is 1.85 bits per heavy atom. The molecule has 0 bridgehead atoms. The molecular formula is C25H33N5O4. The molecule has 34 heavy (non-hydrogen) atoms. The Morgan fingerprint density at radius 3 is 2.59 bits per heavy atom. The smallest absolute Gasteiger partial charge is 0.200 e. The number of ketones is 1. The molecule has 1 aliphatic rings. The van der Waals surface area contributed by atoms with E-state index in [9.17, 15) is 15.0 Å². The number of benzene rings is 2. The average Bonchev–Trinajstić information content (AvgIpc) is 3.19. The van der Waals surface area contributed by atoms with E-state index in [1.165, 1.54) is 6.07 Å². The van der Waals surface area contributed by atoms with E-state index in [-0.39, 0.29) is 36.4 Å². The third-order valence-electron chi connectivity index (χ3n) is 6.29. The van der Waals surface area contributed by atoms with Gasteiger partial charge < -0.3 is 26.0 Å². The minimum atomic E-state index is -0.222. The van der Waals surface area contributed by atoms with Gasteiger partial charge in [-0.1, -0.05) is 12.1 Å². The normalized spacial score (nSPS) is 12.7. The zero-order chi connectivity index (χ0) is 24.2. The Bertz CT molecular complexity index is 1170. The van der Waals surface area contributed by atoms with Crippen molar-refractivity contribution >= 4 is 22.4 Å². The van der Waals surface area contributed by atoms with E-state index in [0.717, 1.165) is 10.9 Å². The molecule has 5 N–H and O–H groups in total. The summed E-state index contributed by atoms with van der Waals surface area (Å²) in [4.78, 5) is 15.8. The first kappa shape index (κ1) is 24.2. The number of hydrogen-bond acceptors (Lipinski definition) is 8. The molecule has 9 nitrogen and oxygen atoms in total. The van der Waals surface area contributed by atoms with Gasteiger partial charge in [-0.2, -0.15) is 5.10 Å². The van der Waals surface area contributed by atoms with Gasteiger partial charge in [0.2, 0.25) is 0 Å². The first-order chi connectivity index (χ1) is 16.5. The van der Waals surface area contributed by atoms with Gasteiger partial charge in [0.25, 0.3) is 0 Å². The average molecular weight is 468 g/mol. The predicted molar refractivity (Wildman–Crippen MR) is 133 cm³/mol. The van der Waals surface area contributed by atoms with E-state index in [0.29, 0.717) is 61.8 Å². The van der Waals surface area contributed by atoms with Crippen molar-refractivity contribution in [3.63, 3.8) is 0 Å². The number of anilines is 1. The standard InChI is InChI=1S/C25H33N5O4/c1-16(2)29(13-15-32)11-12-30-19-7-6-18(27-9-8-26-10-14-31)22-23(19)24(28-30)17-4-3-5-20(33)21(17)25(22)34/h3-7,16,26-27,31-33H,8-15H2,1-2H3. The lowest BCUT2D eigenvalue weighted by atomic mass is 9.86. The fraction of sp³-hybridized carbons (Fsp3) is 0.440. The molecule has 3 aromatic rings. The molecule has 0 unspecified atom stereocenters. The number of nitrogens with one attached hydrogen (secondary N) is 2. The summed E-state index contributed by atoms with van der Waals surface area (Å²) in [5, 5.41) is 41.0. The molecule has 0 aliphatic heterocycles. The second kappa shape index (κ2) is 10.5. The second-order valence-corrected chi connectivity index (χ2v) is 8.74. The largest absolute Gasteiger partial charge is 0.507 e. The van der Waals surface area contributed by atoms with Gasteiger partial charge in [-0.25, -0.2) is 0 Å². The highest BCUT2D eigenvalue weighted by molar-refractivity contribution is 6.28. The van der Waals surface area contributed by atoms with Crippen molar-refractivity contribution in [3.05, 3.63) is 41.5 Å². The van der Waals surface area contributed by atoms with Crippen LogP contribution in [-0.2, 0) is 6.54 Å². The maximum Gasteiger partial charge on any atom is 0.200 e. The molecule has 0 fully saturated rings. The summed E-state index contributed by atoms with van der Waals surface area (Å²) in [6, 6.07) is 9.24. The Labute approximate surface area is 199 Å². The molecule has 1 heterocycles. The number of phenolic OH excluding ortho intramolecular Hbond substituents is 1. The summed E-state index contributed by atoms with van der Waals surface area (Å²) in [7, 11) is 0. The van der Waals surface area contributed by atoms with E-state index >= 15 is 0 Å². The van der Waals surface area contributed by atoms with Crippen LogP contribution in [0.1, 0.15) is 29.8 Å². The maximum atomic E-state index is 13.6. The van der Waals surface area contributed by atoms with E-state index < -0.39 is 0 Å². The molecule has 0 atom stereocenters. The summed E-state index contributed by atoms with van der Waals surface area (Å²) in [6.45, 7) is 7.98.